The smallest absolute Gasteiger partial charge is 0.254 e. The highest BCUT2D eigenvalue weighted by molar-refractivity contribution is 5.98. The summed E-state index contributed by atoms with van der Waals surface area (Å²) in [6.45, 7) is 3.05. The number of nitrogens with zero attached hydrogens (tertiary/aromatic N) is 5. The first kappa shape index (κ1) is 18.6. The van der Waals surface area contributed by atoms with Gasteiger partial charge >= 0.3 is 0 Å². The predicted molar refractivity (Wildman–Crippen MR) is 102 cm³/mol. The number of halogens is 1. The number of carbonyl (C=O) groups excluding carboxylic acids is 2. The first-order valence-corrected chi connectivity index (χ1v) is 9.62. The standard InChI is InChI=1S/C20H24FN5O2/c1-23-14-17(13-22-23)26-7-3-6-18(20(26)28)24-8-10-25(11-9-24)19(27)15-4-2-5-16(21)12-15/h2,4-5,12-14,18H,3,6-11H2,1H3. The highest BCUT2D eigenvalue weighted by Gasteiger charge is 2.36. The molecule has 1 aromatic carbocycles. The topological polar surface area (TPSA) is 61.7 Å². The normalized spacial score (nSPS) is 21.2. The molecule has 2 aromatic rings. The summed E-state index contributed by atoms with van der Waals surface area (Å²) in [5.41, 5.74) is 1.20. The summed E-state index contributed by atoms with van der Waals surface area (Å²) < 4.78 is 15.1. The van der Waals surface area contributed by atoms with E-state index in [1.165, 1.54) is 12.1 Å². The molecule has 2 amide bonds. The van der Waals surface area contributed by atoms with E-state index in [4.69, 9.17) is 0 Å². The highest BCUT2D eigenvalue weighted by atomic mass is 19.1. The van der Waals surface area contributed by atoms with Crippen LogP contribution in [0, 0.1) is 5.82 Å². The van der Waals surface area contributed by atoms with Crippen molar-refractivity contribution in [2.24, 2.45) is 7.05 Å². The number of hydrogen-bond acceptors (Lipinski definition) is 4. The summed E-state index contributed by atoms with van der Waals surface area (Å²) >= 11 is 0. The average molecular weight is 385 g/mol. The first-order chi connectivity index (χ1) is 13.5. The second-order valence-corrected chi connectivity index (χ2v) is 7.36. The third-order valence-electron chi connectivity index (χ3n) is 5.53. The van der Waals surface area contributed by atoms with Gasteiger partial charge in [0.15, 0.2) is 0 Å². The van der Waals surface area contributed by atoms with Crippen molar-refractivity contribution < 1.29 is 14.0 Å². The molecule has 1 aromatic heterocycles. The van der Waals surface area contributed by atoms with Crippen LogP contribution in [0.5, 0.6) is 0 Å². The lowest BCUT2D eigenvalue weighted by Gasteiger charge is -2.42. The third-order valence-corrected chi connectivity index (χ3v) is 5.53. The van der Waals surface area contributed by atoms with Crippen LogP contribution in [0.1, 0.15) is 23.2 Å². The highest BCUT2D eigenvalue weighted by Crippen LogP contribution is 2.24. The molecule has 0 N–H and O–H groups in total. The van der Waals surface area contributed by atoms with E-state index in [1.54, 1.807) is 27.9 Å². The van der Waals surface area contributed by atoms with Crippen LogP contribution in [0.15, 0.2) is 36.7 Å². The van der Waals surface area contributed by atoms with Gasteiger partial charge in [0.1, 0.15) is 5.82 Å². The molecule has 0 saturated carbocycles. The maximum absolute atomic E-state index is 13.4. The lowest BCUT2D eigenvalue weighted by atomic mass is 10.0. The predicted octanol–water partition coefficient (Wildman–Crippen LogP) is 1.51. The molecule has 2 saturated heterocycles. The Morgan fingerprint density at radius 1 is 1.18 bits per heavy atom. The SMILES string of the molecule is Cn1cc(N2CCCC(N3CCN(C(=O)c4cccc(F)c4)CC3)C2=O)cn1. The molecular formula is C20H24FN5O2. The first-order valence-electron chi connectivity index (χ1n) is 9.62. The Balaban J connectivity index is 1.39. The number of hydrogen-bond donors (Lipinski definition) is 0. The minimum atomic E-state index is -0.409. The van der Waals surface area contributed by atoms with Crippen LogP contribution in [0.4, 0.5) is 10.1 Å². The van der Waals surface area contributed by atoms with Crippen molar-refractivity contribution in [3.63, 3.8) is 0 Å². The molecule has 3 heterocycles. The maximum atomic E-state index is 13.4. The monoisotopic (exact) mass is 385 g/mol. The van der Waals surface area contributed by atoms with E-state index in [2.05, 4.69) is 10.00 Å². The Morgan fingerprint density at radius 2 is 1.96 bits per heavy atom. The number of piperidine rings is 1. The molecule has 1 unspecified atom stereocenters. The summed E-state index contributed by atoms with van der Waals surface area (Å²) in [6, 6.07) is 5.61. The molecule has 4 rings (SSSR count). The van der Waals surface area contributed by atoms with Gasteiger partial charge in [-0.3, -0.25) is 19.2 Å². The van der Waals surface area contributed by atoms with Gasteiger partial charge in [0.25, 0.3) is 5.91 Å². The average Bonchev–Trinajstić information content (AvgIpc) is 3.14. The number of aromatic nitrogens is 2. The van der Waals surface area contributed by atoms with Crippen LogP contribution in [0.2, 0.25) is 0 Å². The number of amides is 2. The molecule has 1 atom stereocenters. The minimum absolute atomic E-state index is 0.101. The Morgan fingerprint density at radius 3 is 2.64 bits per heavy atom. The van der Waals surface area contributed by atoms with Crippen molar-refractivity contribution in [2.45, 2.75) is 18.9 Å². The number of piperazine rings is 1. The molecule has 2 fully saturated rings. The third kappa shape index (κ3) is 3.64. The zero-order valence-electron chi connectivity index (χ0n) is 15.9. The van der Waals surface area contributed by atoms with E-state index >= 15 is 0 Å². The van der Waals surface area contributed by atoms with E-state index < -0.39 is 5.82 Å². The van der Waals surface area contributed by atoms with Crippen molar-refractivity contribution in [1.29, 1.82) is 0 Å². The van der Waals surface area contributed by atoms with Crippen molar-refractivity contribution >= 4 is 17.5 Å². The largest absolute Gasteiger partial charge is 0.336 e. The van der Waals surface area contributed by atoms with Gasteiger partial charge in [-0.2, -0.15) is 5.10 Å². The van der Waals surface area contributed by atoms with Crippen molar-refractivity contribution in [3.05, 3.63) is 48.0 Å². The fraction of sp³-hybridized carbons (Fsp3) is 0.450. The van der Waals surface area contributed by atoms with E-state index in [0.717, 1.165) is 18.5 Å². The van der Waals surface area contributed by atoms with Gasteiger partial charge in [0, 0.05) is 51.5 Å². The summed E-state index contributed by atoms with van der Waals surface area (Å²) in [4.78, 5) is 31.3. The summed E-state index contributed by atoms with van der Waals surface area (Å²) in [6.07, 6.45) is 5.34. The second-order valence-electron chi connectivity index (χ2n) is 7.36. The van der Waals surface area contributed by atoms with Crippen LogP contribution in [0.25, 0.3) is 0 Å². The van der Waals surface area contributed by atoms with Crippen LogP contribution in [-0.4, -0.2) is 70.2 Å². The Bertz CT molecular complexity index is 875. The number of carbonyl (C=O) groups is 2. The zero-order chi connectivity index (χ0) is 19.7. The van der Waals surface area contributed by atoms with Gasteiger partial charge in [-0.25, -0.2) is 4.39 Å². The van der Waals surface area contributed by atoms with E-state index in [0.29, 0.717) is 38.3 Å². The quantitative estimate of drug-likeness (QED) is 0.804. The summed E-state index contributed by atoms with van der Waals surface area (Å²) in [5.74, 6) is -0.469. The molecular weight excluding hydrogens is 361 g/mol. The second kappa shape index (κ2) is 7.71. The number of rotatable bonds is 3. The fourth-order valence-corrected chi connectivity index (χ4v) is 4.04. The molecule has 2 aliphatic heterocycles. The van der Waals surface area contributed by atoms with Crippen LogP contribution in [0.3, 0.4) is 0 Å². The molecule has 7 nitrogen and oxygen atoms in total. The van der Waals surface area contributed by atoms with Crippen LogP contribution >= 0.6 is 0 Å². The van der Waals surface area contributed by atoms with Crippen LogP contribution in [-0.2, 0) is 11.8 Å². The van der Waals surface area contributed by atoms with E-state index in [1.807, 2.05) is 18.1 Å². The van der Waals surface area contributed by atoms with Crippen LogP contribution < -0.4 is 4.90 Å². The Kier molecular flexibility index (Phi) is 5.13. The Labute approximate surface area is 163 Å². The number of benzene rings is 1. The van der Waals surface area contributed by atoms with Gasteiger partial charge in [0.2, 0.25) is 5.91 Å². The molecule has 0 aliphatic carbocycles. The maximum Gasteiger partial charge on any atom is 0.254 e. The van der Waals surface area contributed by atoms with Crippen molar-refractivity contribution in [2.75, 3.05) is 37.6 Å². The fourth-order valence-electron chi connectivity index (χ4n) is 4.04. The van der Waals surface area contributed by atoms with Gasteiger partial charge < -0.3 is 9.80 Å². The van der Waals surface area contributed by atoms with E-state index in [-0.39, 0.29) is 17.9 Å². The van der Waals surface area contributed by atoms with Gasteiger partial charge in [-0.05, 0) is 31.0 Å². The lowest BCUT2D eigenvalue weighted by molar-refractivity contribution is -0.126. The molecule has 148 valence electrons. The van der Waals surface area contributed by atoms with Crippen molar-refractivity contribution in [3.8, 4) is 0 Å². The molecule has 0 radical (unpaired) electrons. The number of anilines is 1. The van der Waals surface area contributed by atoms with Gasteiger partial charge in [-0.15, -0.1) is 0 Å². The molecule has 8 heteroatoms. The zero-order valence-corrected chi connectivity index (χ0v) is 15.9. The molecule has 0 spiro atoms. The van der Waals surface area contributed by atoms with Gasteiger partial charge in [0.05, 0.1) is 17.9 Å². The summed E-state index contributed by atoms with van der Waals surface area (Å²) in [7, 11) is 1.84. The molecule has 2 aliphatic rings. The lowest BCUT2D eigenvalue weighted by Crippen LogP contribution is -2.58. The van der Waals surface area contributed by atoms with E-state index in [9.17, 15) is 14.0 Å². The van der Waals surface area contributed by atoms with Gasteiger partial charge in [-0.1, -0.05) is 6.07 Å². The number of aryl methyl sites for hydroxylation is 1. The molecule has 0 bridgehead atoms. The minimum Gasteiger partial charge on any atom is -0.336 e. The Hall–Kier alpha value is -2.74. The summed E-state index contributed by atoms with van der Waals surface area (Å²) in [5, 5.41) is 4.17. The van der Waals surface area contributed by atoms with Crippen molar-refractivity contribution in [1.82, 2.24) is 19.6 Å². The molecule has 28 heavy (non-hydrogen) atoms.